The number of nitrogens with zero attached hydrogens (tertiary/aromatic N) is 1. The first kappa shape index (κ1) is 19.5. The molecule has 2 aromatic carbocycles. The van der Waals surface area contributed by atoms with Crippen LogP contribution < -0.4 is 10.1 Å². The Bertz CT molecular complexity index is 737. The number of carbonyl (C=O) groups excluding carboxylic acids is 2. The smallest absolute Gasteiger partial charge is 0.253 e. The van der Waals surface area contributed by atoms with Crippen molar-refractivity contribution >= 4 is 17.5 Å². The predicted octanol–water partition coefficient (Wildman–Crippen LogP) is 3.75. The Kier molecular flexibility index (Phi) is 7.21. The lowest BCUT2D eigenvalue weighted by atomic mass is 10.1. The van der Waals surface area contributed by atoms with E-state index in [1.54, 1.807) is 36.3 Å². The molecule has 0 aromatic heterocycles. The number of ether oxygens (including phenoxy) is 1. The molecule has 0 aliphatic rings. The SMILES string of the molecule is CCN(CC)C(=O)c1cccc(NC(=O)CCc2ccc(OC)cc2)c1. The van der Waals surface area contributed by atoms with Gasteiger partial charge in [-0.05, 0) is 56.2 Å². The van der Waals surface area contributed by atoms with Crippen molar-refractivity contribution in [1.29, 1.82) is 0 Å². The molecular formula is C21H26N2O3. The topological polar surface area (TPSA) is 58.6 Å². The first-order valence-electron chi connectivity index (χ1n) is 8.89. The van der Waals surface area contributed by atoms with Gasteiger partial charge in [-0.1, -0.05) is 18.2 Å². The summed E-state index contributed by atoms with van der Waals surface area (Å²) in [6, 6.07) is 14.8. The largest absolute Gasteiger partial charge is 0.497 e. The number of benzene rings is 2. The van der Waals surface area contributed by atoms with E-state index in [1.807, 2.05) is 38.1 Å². The molecule has 0 spiro atoms. The fourth-order valence-corrected chi connectivity index (χ4v) is 2.70. The number of rotatable bonds is 8. The van der Waals surface area contributed by atoms with Crippen molar-refractivity contribution in [2.75, 3.05) is 25.5 Å². The molecule has 0 heterocycles. The maximum Gasteiger partial charge on any atom is 0.253 e. The summed E-state index contributed by atoms with van der Waals surface area (Å²) in [5.74, 6) is 0.700. The number of anilines is 1. The van der Waals surface area contributed by atoms with Crippen LogP contribution >= 0.6 is 0 Å². The minimum atomic E-state index is -0.0757. The summed E-state index contributed by atoms with van der Waals surface area (Å²) in [6.45, 7) is 5.22. The molecule has 2 amide bonds. The first-order valence-corrected chi connectivity index (χ1v) is 8.89. The Morgan fingerprint density at radius 1 is 1.04 bits per heavy atom. The van der Waals surface area contributed by atoms with Gasteiger partial charge in [0.15, 0.2) is 0 Å². The van der Waals surface area contributed by atoms with Crippen LogP contribution in [-0.2, 0) is 11.2 Å². The quantitative estimate of drug-likeness (QED) is 0.785. The number of carbonyl (C=O) groups is 2. The second kappa shape index (κ2) is 9.61. The van der Waals surface area contributed by atoms with Crippen molar-refractivity contribution in [2.24, 2.45) is 0 Å². The second-order valence-corrected chi connectivity index (χ2v) is 5.95. The predicted molar refractivity (Wildman–Crippen MR) is 104 cm³/mol. The number of aryl methyl sites for hydroxylation is 1. The van der Waals surface area contributed by atoms with E-state index < -0.39 is 0 Å². The summed E-state index contributed by atoms with van der Waals surface area (Å²) in [6.07, 6.45) is 1.02. The lowest BCUT2D eigenvalue weighted by molar-refractivity contribution is -0.116. The van der Waals surface area contributed by atoms with Crippen molar-refractivity contribution in [3.63, 3.8) is 0 Å². The molecule has 0 saturated heterocycles. The highest BCUT2D eigenvalue weighted by atomic mass is 16.5. The van der Waals surface area contributed by atoms with Crippen LogP contribution in [0.15, 0.2) is 48.5 Å². The van der Waals surface area contributed by atoms with Gasteiger partial charge < -0.3 is 15.0 Å². The third-order valence-corrected chi connectivity index (χ3v) is 4.24. The van der Waals surface area contributed by atoms with Crippen LogP contribution in [0.25, 0.3) is 0 Å². The molecule has 2 rings (SSSR count). The van der Waals surface area contributed by atoms with Crippen LogP contribution in [0.5, 0.6) is 5.75 Å². The summed E-state index contributed by atoms with van der Waals surface area (Å²) >= 11 is 0. The van der Waals surface area contributed by atoms with Crippen LogP contribution in [0.2, 0.25) is 0 Å². The average Bonchev–Trinajstić information content (AvgIpc) is 2.68. The fraction of sp³-hybridized carbons (Fsp3) is 0.333. The number of amides is 2. The zero-order valence-corrected chi connectivity index (χ0v) is 15.6. The summed E-state index contributed by atoms with van der Waals surface area (Å²) in [5.41, 5.74) is 2.30. The van der Waals surface area contributed by atoms with Gasteiger partial charge in [0.1, 0.15) is 5.75 Å². The van der Waals surface area contributed by atoms with Crippen molar-refractivity contribution in [1.82, 2.24) is 4.90 Å². The molecular weight excluding hydrogens is 328 g/mol. The minimum Gasteiger partial charge on any atom is -0.497 e. The number of methoxy groups -OCH3 is 1. The van der Waals surface area contributed by atoms with Crippen molar-refractivity contribution in [2.45, 2.75) is 26.7 Å². The van der Waals surface area contributed by atoms with Gasteiger partial charge in [-0.25, -0.2) is 0 Å². The number of hydrogen-bond acceptors (Lipinski definition) is 3. The lowest BCUT2D eigenvalue weighted by Gasteiger charge is -2.19. The van der Waals surface area contributed by atoms with Crippen LogP contribution in [0.4, 0.5) is 5.69 Å². The van der Waals surface area contributed by atoms with Crippen molar-refractivity contribution < 1.29 is 14.3 Å². The van der Waals surface area contributed by atoms with Gasteiger partial charge in [0.05, 0.1) is 7.11 Å². The lowest BCUT2D eigenvalue weighted by Crippen LogP contribution is -2.30. The molecule has 1 N–H and O–H groups in total. The van der Waals surface area contributed by atoms with E-state index in [0.717, 1.165) is 11.3 Å². The van der Waals surface area contributed by atoms with Gasteiger partial charge >= 0.3 is 0 Å². The minimum absolute atomic E-state index is 0.0238. The zero-order valence-electron chi connectivity index (χ0n) is 15.6. The highest BCUT2D eigenvalue weighted by molar-refractivity contribution is 5.97. The van der Waals surface area contributed by atoms with E-state index in [-0.39, 0.29) is 11.8 Å². The molecule has 0 unspecified atom stereocenters. The number of hydrogen-bond donors (Lipinski definition) is 1. The summed E-state index contributed by atoms with van der Waals surface area (Å²) in [5, 5.41) is 2.87. The highest BCUT2D eigenvalue weighted by Crippen LogP contribution is 2.15. The van der Waals surface area contributed by atoms with Gasteiger partial charge in [-0.3, -0.25) is 9.59 Å². The summed E-state index contributed by atoms with van der Waals surface area (Å²) in [7, 11) is 1.63. The molecule has 0 aliphatic carbocycles. The van der Waals surface area contributed by atoms with Crippen molar-refractivity contribution in [3.05, 3.63) is 59.7 Å². The molecule has 0 radical (unpaired) electrons. The molecule has 5 nitrogen and oxygen atoms in total. The van der Waals surface area contributed by atoms with Crippen LogP contribution in [0, 0.1) is 0 Å². The highest BCUT2D eigenvalue weighted by Gasteiger charge is 2.13. The third kappa shape index (κ3) is 5.34. The van der Waals surface area contributed by atoms with E-state index in [9.17, 15) is 9.59 Å². The Labute approximate surface area is 155 Å². The Balaban J connectivity index is 1.94. The van der Waals surface area contributed by atoms with Gasteiger partial charge in [-0.2, -0.15) is 0 Å². The summed E-state index contributed by atoms with van der Waals surface area (Å²) < 4.78 is 5.13. The monoisotopic (exact) mass is 354 g/mol. The van der Waals surface area contributed by atoms with Gasteiger partial charge in [0.2, 0.25) is 5.91 Å². The molecule has 26 heavy (non-hydrogen) atoms. The maximum atomic E-state index is 12.4. The van der Waals surface area contributed by atoms with Crippen LogP contribution in [-0.4, -0.2) is 36.9 Å². The van der Waals surface area contributed by atoms with Gasteiger partial charge in [-0.15, -0.1) is 0 Å². The van der Waals surface area contributed by atoms with Gasteiger partial charge in [0.25, 0.3) is 5.91 Å². The zero-order chi connectivity index (χ0) is 18.9. The molecule has 0 bridgehead atoms. The third-order valence-electron chi connectivity index (χ3n) is 4.24. The van der Waals surface area contributed by atoms with E-state index >= 15 is 0 Å². The van der Waals surface area contributed by atoms with E-state index in [0.29, 0.717) is 37.2 Å². The maximum absolute atomic E-state index is 12.4. The Morgan fingerprint density at radius 3 is 2.35 bits per heavy atom. The molecule has 0 atom stereocenters. The number of nitrogens with one attached hydrogen (secondary N) is 1. The standard InChI is InChI=1S/C21H26N2O3/c1-4-23(5-2)21(25)17-7-6-8-18(15-17)22-20(24)14-11-16-9-12-19(26-3)13-10-16/h6-10,12-13,15H,4-5,11,14H2,1-3H3,(H,22,24). The molecule has 0 fully saturated rings. The van der Waals surface area contributed by atoms with Crippen LogP contribution in [0.3, 0.4) is 0 Å². The normalized spacial score (nSPS) is 10.3. The molecule has 0 saturated carbocycles. The molecule has 2 aromatic rings. The fourth-order valence-electron chi connectivity index (χ4n) is 2.70. The van der Waals surface area contributed by atoms with Crippen LogP contribution in [0.1, 0.15) is 36.2 Å². The second-order valence-electron chi connectivity index (χ2n) is 5.95. The molecule has 5 heteroatoms. The van der Waals surface area contributed by atoms with E-state index in [1.165, 1.54) is 0 Å². The molecule has 0 aliphatic heterocycles. The first-order chi connectivity index (χ1) is 12.6. The molecule has 138 valence electrons. The van der Waals surface area contributed by atoms with E-state index in [2.05, 4.69) is 5.32 Å². The average molecular weight is 354 g/mol. The van der Waals surface area contributed by atoms with E-state index in [4.69, 9.17) is 4.74 Å². The van der Waals surface area contributed by atoms with Crippen molar-refractivity contribution in [3.8, 4) is 5.75 Å². The summed E-state index contributed by atoms with van der Waals surface area (Å²) in [4.78, 5) is 26.4. The Morgan fingerprint density at radius 2 is 1.73 bits per heavy atom. The Hall–Kier alpha value is -2.82. The van der Waals surface area contributed by atoms with Gasteiger partial charge in [0, 0.05) is 30.8 Å².